The Balaban J connectivity index is 1.55. The third-order valence-electron chi connectivity index (χ3n) is 5.49. The van der Waals surface area contributed by atoms with Crippen LogP contribution in [0.4, 0.5) is 10.5 Å². The summed E-state index contributed by atoms with van der Waals surface area (Å²) < 4.78 is 1.97. The predicted octanol–water partition coefficient (Wildman–Crippen LogP) is 3.71. The van der Waals surface area contributed by atoms with Gasteiger partial charge in [-0.05, 0) is 62.8 Å². The van der Waals surface area contributed by atoms with E-state index in [0.717, 1.165) is 48.4 Å². The molecule has 1 saturated heterocycles. The molecule has 1 aliphatic heterocycles. The van der Waals surface area contributed by atoms with Gasteiger partial charge in [-0.25, -0.2) is 4.79 Å². The highest BCUT2D eigenvalue weighted by Gasteiger charge is 2.24. The Kier molecular flexibility index (Phi) is 7.49. The minimum absolute atomic E-state index is 0.0807. The Morgan fingerprint density at radius 1 is 1.23 bits per heavy atom. The van der Waals surface area contributed by atoms with Crippen molar-refractivity contribution in [3.63, 3.8) is 0 Å². The number of urea groups is 1. The topological polar surface area (TPSA) is 79.3 Å². The number of carbonyl (C=O) groups is 2. The molecule has 1 aromatic heterocycles. The molecule has 0 radical (unpaired) electrons. The number of anilines is 1. The highest BCUT2D eigenvalue weighted by atomic mass is 16.2. The minimum atomic E-state index is -0.0807. The molecule has 0 bridgehead atoms. The third-order valence-corrected chi connectivity index (χ3v) is 5.49. The first kappa shape index (κ1) is 21.9. The van der Waals surface area contributed by atoms with Gasteiger partial charge in [0.2, 0.25) is 5.91 Å². The summed E-state index contributed by atoms with van der Waals surface area (Å²) in [6, 6.07) is 9.89. The fraction of sp³-hybridized carbons (Fsp3) is 0.522. The molecule has 1 aliphatic rings. The van der Waals surface area contributed by atoms with Gasteiger partial charge in [0.1, 0.15) is 0 Å². The van der Waals surface area contributed by atoms with Crippen LogP contribution in [0.2, 0.25) is 0 Å². The third kappa shape index (κ3) is 6.08. The second-order valence-corrected chi connectivity index (χ2v) is 8.22. The summed E-state index contributed by atoms with van der Waals surface area (Å²) in [5.41, 5.74) is 4.00. The molecule has 0 saturated carbocycles. The van der Waals surface area contributed by atoms with E-state index in [1.165, 1.54) is 0 Å². The van der Waals surface area contributed by atoms with Crippen molar-refractivity contribution in [2.45, 2.75) is 53.0 Å². The lowest BCUT2D eigenvalue weighted by molar-refractivity contribution is -0.121. The molecule has 0 aliphatic carbocycles. The minimum Gasteiger partial charge on any atom is -0.356 e. The van der Waals surface area contributed by atoms with Crippen LogP contribution in [0.3, 0.4) is 0 Å². The molecule has 3 rings (SSSR count). The summed E-state index contributed by atoms with van der Waals surface area (Å²) in [4.78, 5) is 26.4. The Labute approximate surface area is 178 Å². The van der Waals surface area contributed by atoms with Crippen molar-refractivity contribution >= 4 is 17.6 Å². The van der Waals surface area contributed by atoms with Gasteiger partial charge in [-0.1, -0.05) is 19.1 Å². The van der Waals surface area contributed by atoms with Crippen molar-refractivity contribution in [1.29, 1.82) is 0 Å². The van der Waals surface area contributed by atoms with Crippen molar-refractivity contribution in [3.05, 3.63) is 47.3 Å². The van der Waals surface area contributed by atoms with Crippen LogP contribution in [0.5, 0.6) is 0 Å². The monoisotopic (exact) mass is 411 g/mol. The second kappa shape index (κ2) is 10.3. The zero-order valence-corrected chi connectivity index (χ0v) is 18.3. The summed E-state index contributed by atoms with van der Waals surface area (Å²) in [7, 11) is 0. The van der Waals surface area contributed by atoms with E-state index >= 15 is 0 Å². The molecular weight excluding hydrogens is 378 g/mol. The molecule has 0 spiro atoms. The summed E-state index contributed by atoms with van der Waals surface area (Å²) >= 11 is 0. The molecule has 30 heavy (non-hydrogen) atoms. The fourth-order valence-corrected chi connectivity index (χ4v) is 3.95. The molecule has 7 nitrogen and oxygen atoms in total. The van der Waals surface area contributed by atoms with Crippen molar-refractivity contribution in [3.8, 4) is 0 Å². The van der Waals surface area contributed by atoms with Gasteiger partial charge in [-0.15, -0.1) is 0 Å². The van der Waals surface area contributed by atoms with Gasteiger partial charge in [0, 0.05) is 37.4 Å². The lowest BCUT2D eigenvalue weighted by Gasteiger charge is -2.33. The molecule has 3 amide bonds. The van der Waals surface area contributed by atoms with E-state index < -0.39 is 0 Å². The molecule has 2 N–H and O–H groups in total. The van der Waals surface area contributed by atoms with Crippen LogP contribution in [-0.4, -0.2) is 46.3 Å². The van der Waals surface area contributed by atoms with E-state index in [9.17, 15) is 9.59 Å². The first-order valence-corrected chi connectivity index (χ1v) is 10.9. The standard InChI is InChI=1S/C23H33N5O2/c1-4-7-22(29)24-14-20-9-6-11-27(15-20)23(30)25-21-10-5-8-19(13-21)16-28-18(3)12-17(2)26-28/h5,8,10,12-13,20H,4,6-7,9,11,14-16H2,1-3H3,(H,24,29)(H,25,30). The largest absolute Gasteiger partial charge is 0.356 e. The molecule has 1 fully saturated rings. The maximum Gasteiger partial charge on any atom is 0.321 e. The van der Waals surface area contributed by atoms with Crippen LogP contribution in [0.25, 0.3) is 0 Å². The van der Waals surface area contributed by atoms with Crippen LogP contribution >= 0.6 is 0 Å². The Hall–Kier alpha value is -2.83. The Morgan fingerprint density at radius 3 is 2.80 bits per heavy atom. The van der Waals surface area contributed by atoms with Crippen LogP contribution < -0.4 is 10.6 Å². The lowest BCUT2D eigenvalue weighted by atomic mass is 9.98. The summed E-state index contributed by atoms with van der Waals surface area (Å²) in [6.45, 7) is 8.76. The van der Waals surface area contributed by atoms with Crippen LogP contribution in [-0.2, 0) is 11.3 Å². The number of amides is 3. The smallest absolute Gasteiger partial charge is 0.321 e. The molecule has 1 atom stereocenters. The molecule has 2 heterocycles. The number of piperidine rings is 1. The Bertz CT molecular complexity index is 876. The van der Waals surface area contributed by atoms with Gasteiger partial charge in [0.05, 0.1) is 12.2 Å². The number of rotatable bonds is 7. The van der Waals surface area contributed by atoms with Gasteiger partial charge in [-0.2, -0.15) is 5.10 Å². The highest BCUT2D eigenvalue weighted by molar-refractivity contribution is 5.89. The maximum atomic E-state index is 12.8. The summed E-state index contributed by atoms with van der Waals surface area (Å²) in [6.07, 6.45) is 3.41. The number of hydrogen-bond donors (Lipinski definition) is 2. The number of benzene rings is 1. The van der Waals surface area contributed by atoms with E-state index in [4.69, 9.17) is 0 Å². The number of hydrogen-bond acceptors (Lipinski definition) is 3. The van der Waals surface area contributed by atoms with E-state index in [1.54, 1.807) is 0 Å². The molecule has 162 valence electrons. The quantitative estimate of drug-likeness (QED) is 0.729. The highest BCUT2D eigenvalue weighted by Crippen LogP contribution is 2.18. The SMILES string of the molecule is CCCC(=O)NCC1CCCN(C(=O)Nc2cccc(Cn3nc(C)cc3C)c2)C1. The van der Waals surface area contributed by atoms with E-state index in [2.05, 4.69) is 21.8 Å². The Morgan fingerprint density at radius 2 is 2.07 bits per heavy atom. The van der Waals surface area contributed by atoms with E-state index in [1.807, 2.05) is 54.6 Å². The van der Waals surface area contributed by atoms with Crippen molar-refractivity contribution in [2.75, 3.05) is 25.0 Å². The number of likely N-dealkylation sites (tertiary alicyclic amines) is 1. The van der Waals surface area contributed by atoms with Gasteiger partial charge in [0.25, 0.3) is 0 Å². The average molecular weight is 412 g/mol. The van der Waals surface area contributed by atoms with Crippen molar-refractivity contribution in [1.82, 2.24) is 20.0 Å². The number of nitrogens with one attached hydrogen (secondary N) is 2. The average Bonchev–Trinajstić information content (AvgIpc) is 3.04. The number of nitrogens with zero attached hydrogens (tertiary/aromatic N) is 3. The normalized spacial score (nSPS) is 16.4. The first-order chi connectivity index (χ1) is 14.4. The van der Waals surface area contributed by atoms with Crippen molar-refractivity contribution in [2.24, 2.45) is 5.92 Å². The number of aromatic nitrogens is 2. The number of aryl methyl sites for hydroxylation is 2. The predicted molar refractivity (Wildman–Crippen MR) is 118 cm³/mol. The second-order valence-electron chi connectivity index (χ2n) is 8.22. The van der Waals surface area contributed by atoms with Crippen LogP contribution in [0, 0.1) is 19.8 Å². The molecular formula is C23H33N5O2. The van der Waals surface area contributed by atoms with Gasteiger partial charge >= 0.3 is 6.03 Å². The summed E-state index contributed by atoms with van der Waals surface area (Å²) in [5.74, 6) is 0.404. The molecule has 1 unspecified atom stereocenters. The van der Waals surface area contributed by atoms with Crippen LogP contribution in [0.15, 0.2) is 30.3 Å². The zero-order chi connectivity index (χ0) is 21.5. The van der Waals surface area contributed by atoms with Gasteiger partial charge in [0.15, 0.2) is 0 Å². The van der Waals surface area contributed by atoms with E-state index in [-0.39, 0.29) is 11.9 Å². The van der Waals surface area contributed by atoms with Crippen molar-refractivity contribution < 1.29 is 9.59 Å². The van der Waals surface area contributed by atoms with E-state index in [0.29, 0.717) is 32.0 Å². The van der Waals surface area contributed by atoms with Gasteiger partial charge in [-0.3, -0.25) is 9.48 Å². The number of carbonyl (C=O) groups excluding carboxylic acids is 2. The summed E-state index contributed by atoms with van der Waals surface area (Å²) in [5, 5.41) is 10.5. The van der Waals surface area contributed by atoms with Crippen LogP contribution in [0.1, 0.15) is 49.6 Å². The zero-order valence-electron chi connectivity index (χ0n) is 18.3. The fourth-order valence-electron chi connectivity index (χ4n) is 3.95. The molecule has 1 aromatic carbocycles. The molecule has 7 heteroatoms. The molecule has 2 aromatic rings. The first-order valence-electron chi connectivity index (χ1n) is 10.9. The lowest BCUT2D eigenvalue weighted by Crippen LogP contribution is -2.45. The van der Waals surface area contributed by atoms with Gasteiger partial charge < -0.3 is 15.5 Å². The maximum absolute atomic E-state index is 12.8.